The number of hydrogen-bond acceptors (Lipinski definition) is 3. The highest BCUT2D eigenvalue weighted by Gasteiger charge is 2.03. The topological polar surface area (TPSA) is 49.8 Å². The minimum Gasteiger partial charge on any atom is -0.356 e. The highest BCUT2D eigenvalue weighted by atomic mass is 16.5. The summed E-state index contributed by atoms with van der Waals surface area (Å²) < 4.78 is 5.00. The molecule has 0 atom stereocenters. The van der Waals surface area contributed by atoms with Gasteiger partial charge in [0.15, 0.2) is 5.58 Å². The Morgan fingerprint density at radius 2 is 2.42 bits per heavy atom. The number of aromatic nitrogens is 1. The third-order valence-electron chi connectivity index (χ3n) is 1.73. The van der Waals surface area contributed by atoms with Gasteiger partial charge in [0.25, 0.3) is 0 Å². The molecule has 0 radical (unpaired) electrons. The molecule has 0 fully saturated rings. The number of para-hydroxylation sites is 1. The number of nitrogens with zero attached hydrogens (tertiary/aromatic N) is 2. The lowest BCUT2D eigenvalue weighted by atomic mass is 10.1. The van der Waals surface area contributed by atoms with E-state index in [1.165, 1.54) is 0 Å². The second-order valence-corrected chi connectivity index (χ2v) is 2.50. The normalized spacial score (nSPS) is 9.92. The van der Waals surface area contributed by atoms with Gasteiger partial charge in [-0.2, -0.15) is 5.26 Å². The molecule has 0 aliphatic rings. The molecule has 3 nitrogen and oxygen atoms in total. The number of hydrogen-bond donors (Lipinski definition) is 0. The summed E-state index contributed by atoms with van der Waals surface area (Å²) in [7, 11) is 0. The first-order chi connectivity index (χ1) is 5.92. The zero-order valence-corrected chi connectivity index (χ0v) is 6.32. The first-order valence-electron chi connectivity index (χ1n) is 3.61. The van der Waals surface area contributed by atoms with Crippen LogP contribution in [0.15, 0.2) is 28.9 Å². The van der Waals surface area contributed by atoms with Crippen LogP contribution in [0.25, 0.3) is 11.0 Å². The molecule has 0 N–H and O–H groups in total. The maximum absolute atomic E-state index is 8.50. The third kappa shape index (κ3) is 0.940. The van der Waals surface area contributed by atoms with Crippen molar-refractivity contribution in [1.29, 1.82) is 5.26 Å². The molecule has 58 valence electrons. The molecule has 0 saturated carbocycles. The smallest absolute Gasteiger partial charge is 0.171 e. The fourth-order valence-electron chi connectivity index (χ4n) is 1.18. The number of benzene rings is 1. The maximum Gasteiger partial charge on any atom is 0.171 e. The quantitative estimate of drug-likeness (QED) is 0.636. The van der Waals surface area contributed by atoms with Crippen LogP contribution in [0.3, 0.4) is 0 Å². The van der Waals surface area contributed by atoms with Gasteiger partial charge in [0, 0.05) is 10.9 Å². The molecule has 0 saturated heterocycles. The SMILES string of the molecule is N#CCc1cccc2cnoc12. The summed E-state index contributed by atoms with van der Waals surface area (Å²) in [5, 5.41) is 13.1. The Kier molecular flexibility index (Phi) is 1.52. The van der Waals surface area contributed by atoms with Gasteiger partial charge in [-0.25, -0.2) is 0 Å². The average Bonchev–Trinajstić information content (AvgIpc) is 2.53. The highest BCUT2D eigenvalue weighted by Crippen LogP contribution is 2.17. The van der Waals surface area contributed by atoms with Crippen LogP contribution in [0.5, 0.6) is 0 Å². The second-order valence-electron chi connectivity index (χ2n) is 2.50. The molecule has 2 rings (SSSR count). The molecule has 12 heavy (non-hydrogen) atoms. The zero-order chi connectivity index (χ0) is 8.39. The minimum absolute atomic E-state index is 0.368. The van der Waals surface area contributed by atoms with Crippen LogP contribution >= 0.6 is 0 Å². The molecule has 1 aromatic heterocycles. The first-order valence-corrected chi connectivity index (χ1v) is 3.61. The van der Waals surface area contributed by atoms with Gasteiger partial charge >= 0.3 is 0 Å². The fourth-order valence-corrected chi connectivity index (χ4v) is 1.18. The van der Waals surface area contributed by atoms with Crippen molar-refractivity contribution < 1.29 is 4.52 Å². The molecule has 1 aromatic carbocycles. The predicted molar refractivity (Wildman–Crippen MR) is 43.3 cm³/mol. The van der Waals surface area contributed by atoms with Gasteiger partial charge in [-0.3, -0.25) is 0 Å². The van der Waals surface area contributed by atoms with Gasteiger partial charge < -0.3 is 4.52 Å². The van der Waals surface area contributed by atoms with Crippen LogP contribution in [-0.2, 0) is 6.42 Å². The van der Waals surface area contributed by atoms with Gasteiger partial charge in [-0.15, -0.1) is 0 Å². The summed E-state index contributed by atoms with van der Waals surface area (Å²) >= 11 is 0. The lowest BCUT2D eigenvalue weighted by molar-refractivity contribution is 0.454. The summed E-state index contributed by atoms with van der Waals surface area (Å²) in [5.41, 5.74) is 1.62. The molecule has 0 unspecified atom stereocenters. The molecule has 2 aromatic rings. The van der Waals surface area contributed by atoms with Crippen molar-refractivity contribution in [2.75, 3.05) is 0 Å². The lowest BCUT2D eigenvalue weighted by Crippen LogP contribution is -1.80. The van der Waals surface area contributed by atoms with Crippen LogP contribution in [-0.4, -0.2) is 5.16 Å². The van der Waals surface area contributed by atoms with E-state index >= 15 is 0 Å². The third-order valence-corrected chi connectivity index (χ3v) is 1.73. The summed E-state index contributed by atoms with van der Waals surface area (Å²) in [6.45, 7) is 0. The number of rotatable bonds is 1. The van der Waals surface area contributed by atoms with Crippen molar-refractivity contribution >= 4 is 11.0 Å². The van der Waals surface area contributed by atoms with Gasteiger partial charge in [0.05, 0.1) is 18.7 Å². The molecule has 1 heterocycles. The zero-order valence-electron chi connectivity index (χ0n) is 6.32. The van der Waals surface area contributed by atoms with Crippen molar-refractivity contribution in [3.8, 4) is 6.07 Å². The van der Waals surface area contributed by atoms with Crippen LogP contribution < -0.4 is 0 Å². The molecule has 0 bridgehead atoms. The molecule has 0 spiro atoms. The Morgan fingerprint density at radius 3 is 3.25 bits per heavy atom. The van der Waals surface area contributed by atoms with Gasteiger partial charge in [-0.1, -0.05) is 17.3 Å². The van der Waals surface area contributed by atoms with E-state index in [-0.39, 0.29) is 0 Å². The monoisotopic (exact) mass is 158 g/mol. The van der Waals surface area contributed by atoms with E-state index in [0.717, 1.165) is 16.5 Å². The average molecular weight is 158 g/mol. The van der Waals surface area contributed by atoms with Crippen molar-refractivity contribution in [2.24, 2.45) is 0 Å². The molecule has 0 aliphatic heterocycles. The molecule has 3 heteroatoms. The Hall–Kier alpha value is -1.82. The number of nitriles is 1. The molecule has 0 amide bonds. The summed E-state index contributed by atoms with van der Waals surface area (Å²) in [6, 6.07) is 7.75. The van der Waals surface area contributed by atoms with E-state index in [4.69, 9.17) is 9.78 Å². The summed E-state index contributed by atoms with van der Waals surface area (Å²) in [5.74, 6) is 0. The second kappa shape index (κ2) is 2.67. The molecular weight excluding hydrogens is 152 g/mol. The predicted octanol–water partition coefficient (Wildman–Crippen LogP) is 1.89. The van der Waals surface area contributed by atoms with Gasteiger partial charge in [0.1, 0.15) is 0 Å². The Morgan fingerprint density at radius 1 is 1.50 bits per heavy atom. The van der Waals surface area contributed by atoms with Crippen molar-refractivity contribution in [2.45, 2.75) is 6.42 Å². The highest BCUT2D eigenvalue weighted by molar-refractivity contribution is 5.79. The van der Waals surface area contributed by atoms with E-state index in [1.807, 2.05) is 18.2 Å². The van der Waals surface area contributed by atoms with Crippen molar-refractivity contribution in [3.63, 3.8) is 0 Å². The first kappa shape index (κ1) is 6.86. The minimum atomic E-state index is 0.368. The van der Waals surface area contributed by atoms with Crippen LogP contribution in [0.4, 0.5) is 0 Å². The van der Waals surface area contributed by atoms with Gasteiger partial charge in [0.2, 0.25) is 0 Å². The van der Waals surface area contributed by atoms with Crippen LogP contribution in [0.2, 0.25) is 0 Å². The van der Waals surface area contributed by atoms with Crippen molar-refractivity contribution in [3.05, 3.63) is 30.0 Å². The summed E-state index contributed by atoms with van der Waals surface area (Å²) in [6.07, 6.45) is 2.02. The van der Waals surface area contributed by atoms with E-state index in [9.17, 15) is 0 Å². The standard InChI is InChI=1S/C9H6N2O/c10-5-4-7-2-1-3-8-6-11-12-9(7)8/h1-3,6H,4H2. The van der Waals surface area contributed by atoms with Crippen LogP contribution in [0, 0.1) is 11.3 Å². The van der Waals surface area contributed by atoms with Gasteiger partial charge in [-0.05, 0) is 6.07 Å². The van der Waals surface area contributed by atoms with E-state index in [2.05, 4.69) is 11.2 Å². The summed E-state index contributed by atoms with van der Waals surface area (Å²) in [4.78, 5) is 0. The van der Waals surface area contributed by atoms with E-state index in [1.54, 1.807) is 6.20 Å². The Labute approximate surface area is 69.2 Å². The molecular formula is C9H6N2O. The Bertz CT molecular complexity index is 439. The number of fused-ring (bicyclic) bond motifs is 1. The fraction of sp³-hybridized carbons (Fsp3) is 0.111. The maximum atomic E-state index is 8.50. The Balaban J connectivity index is 2.67. The largest absolute Gasteiger partial charge is 0.356 e. The van der Waals surface area contributed by atoms with E-state index in [0.29, 0.717) is 6.42 Å². The lowest BCUT2D eigenvalue weighted by Gasteiger charge is -1.92. The molecule has 0 aliphatic carbocycles. The van der Waals surface area contributed by atoms with E-state index < -0.39 is 0 Å². The van der Waals surface area contributed by atoms with Crippen LogP contribution in [0.1, 0.15) is 5.56 Å². The van der Waals surface area contributed by atoms with Crippen molar-refractivity contribution in [1.82, 2.24) is 5.16 Å².